The van der Waals surface area contributed by atoms with Crippen molar-refractivity contribution in [2.75, 3.05) is 13.1 Å². The average molecular weight is 156 g/mol. The van der Waals surface area contributed by atoms with Gasteiger partial charge in [0, 0.05) is 0 Å². The minimum absolute atomic E-state index is 0. The van der Waals surface area contributed by atoms with Gasteiger partial charge >= 0.3 is 35.5 Å². The fourth-order valence-electron chi connectivity index (χ4n) is 0.246. The topological polar surface area (TPSA) is 92.4 Å². The van der Waals surface area contributed by atoms with E-state index in [1.807, 2.05) is 0 Å². The summed E-state index contributed by atoms with van der Waals surface area (Å²) >= 11 is 0. The number of carbonyl (C=O) groups is 2. The molecule has 0 saturated carbocycles. The quantitative estimate of drug-likeness (QED) is 0.358. The second-order valence-electron chi connectivity index (χ2n) is 1.37. The normalized spacial score (nSPS) is 7.70. The Balaban J connectivity index is -0.000000320. The van der Waals surface area contributed by atoms with E-state index in [-0.39, 0.29) is 44.1 Å². The smallest absolute Gasteiger partial charge is 1.00 e. The minimum Gasteiger partial charge on any atom is -1.00 e. The van der Waals surface area contributed by atoms with Crippen molar-refractivity contribution < 1.29 is 45.7 Å². The Bertz CT molecular complexity index is 133. The second kappa shape index (κ2) is 7.01. The van der Waals surface area contributed by atoms with E-state index >= 15 is 0 Å². The molecule has 0 spiro atoms. The molecule has 1 amide bonds. The van der Waals surface area contributed by atoms with Crippen LogP contribution in [-0.4, -0.2) is 30.1 Å². The number of rotatable bonds is 3. The molecular weight excluding hydrogens is 147 g/mol. The van der Waals surface area contributed by atoms with Gasteiger partial charge in [-0.1, -0.05) is 0 Å². The van der Waals surface area contributed by atoms with Gasteiger partial charge in [-0.2, -0.15) is 0 Å². The van der Waals surface area contributed by atoms with Crippen LogP contribution in [0, 0.1) is 0 Å². The zero-order chi connectivity index (χ0) is 7.28. The van der Waals surface area contributed by atoms with Crippen molar-refractivity contribution in [3.05, 3.63) is 0 Å². The van der Waals surface area contributed by atoms with Crippen molar-refractivity contribution in [3.63, 3.8) is 0 Å². The molecule has 6 heteroatoms. The molecule has 5 nitrogen and oxygen atoms in total. The largest absolute Gasteiger partial charge is 1.00 e. The monoisotopic (exact) mass is 156 g/mol. The van der Waals surface area contributed by atoms with Crippen LogP contribution in [0.2, 0.25) is 0 Å². The van der Waals surface area contributed by atoms with E-state index in [0.717, 1.165) is 0 Å². The van der Waals surface area contributed by atoms with Gasteiger partial charge in [0.25, 0.3) is 0 Å². The third-order valence-electron chi connectivity index (χ3n) is 0.622. The van der Waals surface area contributed by atoms with Crippen molar-refractivity contribution in [1.82, 2.24) is 5.32 Å². The molecule has 0 bridgehead atoms. The van der Waals surface area contributed by atoms with Crippen LogP contribution >= 0.6 is 0 Å². The van der Waals surface area contributed by atoms with Crippen LogP contribution in [-0.2, 0) is 9.59 Å². The molecule has 0 radical (unpaired) electrons. The summed E-state index contributed by atoms with van der Waals surface area (Å²) < 4.78 is 0. The zero-order valence-corrected chi connectivity index (χ0v) is 7.76. The number of nitrogens with two attached hydrogens (primary N) is 1. The molecule has 0 aromatic heterocycles. The number of carboxylic acid groups (broad SMARTS) is 1. The van der Waals surface area contributed by atoms with Gasteiger partial charge in [0.1, 0.15) is 6.54 Å². The number of carbonyl (C=O) groups excluding carboxylic acids is 1. The molecular formula is C4H9N2NaO3. The third kappa shape index (κ3) is 7.90. The fourth-order valence-corrected chi connectivity index (χ4v) is 0.246. The third-order valence-corrected chi connectivity index (χ3v) is 0.622. The Kier molecular flexibility index (Phi) is 8.81. The Morgan fingerprint density at radius 1 is 1.60 bits per heavy atom. The molecule has 0 heterocycles. The van der Waals surface area contributed by atoms with Gasteiger partial charge in [-0.05, 0) is 0 Å². The maximum Gasteiger partial charge on any atom is 1.00 e. The van der Waals surface area contributed by atoms with Gasteiger partial charge in [0.15, 0.2) is 0 Å². The standard InChI is InChI=1S/C4H8N2O3.Na.H/c5-1-3(7)6-2-4(8)9;;/h1-2,5H2,(H,6,7)(H,8,9);;/q;+1;-1. The van der Waals surface area contributed by atoms with Gasteiger partial charge in [-0.25, -0.2) is 0 Å². The molecule has 0 atom stereocenters. The molecule has 10 heavy (non-hydrogen) atoms. The molecule has 0 saturated heterocycles. The van der Waals surface area contributed by atoms with E-state index in [9.17, 15) is 9.59 Å². The summed E-state index contributed by atoms with van der Waals surface area (Å²) in [5, 5.41) is 10.1. The Morgan fingerprint density at radius 3 is 2.40 bits per heavy atom. The first-order valence-corrected chi connectivity index (χ1v) is 2.35. The maximum absolute atomic E-state index is 10.2. The van der Waals surface area contributed by atoms with Gasteiger partial charge in [-0.15, -0.1) is 0 Å². The predicted octanol–water partition coefficient (Wildman–Crippen LogP) is -4.74. The summed E-state index contributed by atoms with van der Waals surface area (Å²) in [5.74, 6) is -1.53. The summed E-state index contributed by atoms with van der Waals surface area (Å²) in [6.07, 6.45) is 0. The fraction of sp³-hybridized carbons (Fsp3) is 0.500. The molecule has 0 aromatic carbocycles. The summed E-state index contributed by atoms with van der Waals surface area (Å²) in [5.41, 5.74) is 4.85. The molecule has 0 unspecified atom stereocenters. The molecule has 0 aliphatic heterocycles. The first-order chi connectivity index (χ1) is 4.16. The van der Waals surface area contributed by atoms with Crippen molar-refractivity contribution >= 4 is 11.9 Å². The van der Waals surface area contributed by atoms with Crippen LogP contribution in [0.15, 0.2) is 0 Å². The number of carboxylic acids is 1. The van der Waals surface area contributed by atoms with Crippen molar-refractivity contribution in [1.29, 1.82) is 0 Å². The number of hydrogen-bond donors (Lipinski definition) is 3. The van der Waals surface area contributed by atoms with Crippen LogP contribution in [0.25, 0.3) is 0 Å². The predicted molar refractivity (Wildman–Crippen MR) is 30.8 cm³/mol. The SMILES string of the molecule is NCC(=O)NCC(=O)O.[H-].[Na+]. The molecule has 0 aliphatic rings. The molecule has 0 aromatic rings. The summed E-state index contributed by atoms with van der Waals surface area (Å²) in [6, 6.07) is 0. The van der Waals surface area contributed by atoms with E-state index in [1.165, 1.54) is 0 Å². The molecule has 0 rings (SSSR count). The van der Waals surface area contributed by atoms with Crippen molar-refractivity contribution in [3.8, 4) is 0 Å². The van der Waals surface area contributed by atoms with Gasteiger partial charge < -0.3 is 17.6 Å². The van der Waals surface area contributed by atoms with Gasteiger partial charge in [-0.3, -0.25) is 9.59 Å². The van der Waals surface area contributed by atoms with Crippen LogP contribution in [0.3, 0.4) is 0 Å². The van der Waals surface area contributed by atoms with E-state index in [4.69, 9.17) is 10.8 Å². The van der Waals surface area contributed by atoms with E-state index in [0.29, 0.717) is 0 Å². The first-order valence-electron chi connectivity index (χ1n) is 2.35. The second-order valence-corrected chi connectivity index (χ2v) is 1.37. The van der Waals surface area contributed by atoms with Crippen LogP contribution in [0.5, 0.6) is 0 Å². The summed E-state index contributed by atoms with van der Waals surface area (Å²) in [7, 11) is 0. The van der Waals surface area contributed by atoms with Gasteiger partial charge in [0.05, 0.1) is 6.54 Å². The summed E-state index contributed by atoms with van der Waals surface area (Å²) in [4.78, 5) is 20.0. The number of nitrogens with one attached hydrogen (secondary N) is 1. The van der Waals surface area contributed by atoms with Crippen LogP contribution in [0.4, 0.5) is 0 Å². The van der Waals surface area contributed by atoms with Crippen molar-refractivity contribution in [2.45, 2.75) is 0 Å². The Morgan fingerprint density at radius 2 is 2.10 bits per heavy atom. The molecule has 0 aliphatic carbocycles. The molecule has 54 valence electrons. The number of amides is 1. The Hall–Kier alpha value is -0.100. The van der Waals surface area contributed by atoms with Crippen LogP contribution < -0.4 is 40.6 Å². The molecule has 0 fully saturated rings. The average Bonchev–Trinajstić information content (AvgIpc) is 1.83. The number of aliphatic carboxylic acids is 1. The van der Waals surface area contributed by atoms with Gasteiger partial charge in [0.2, 0.25) is 5.91 Å². The van der Waals surface area contributed by atoms with E-state index in [1.54, 1.807) is 0 Å². The Labute approximate surface area is 81.7 Å². The zero-order valence-electron chi connectivity index (χ0n) is 6.76. The molecule has 4 N–H and O–H groups in total. The maximum atomic E-state index is 10.2. The van der Waals surface area contributed by atoms with E-state index in [2.05, 4.69) is 5.32 Å². The van der Waals surface area contributed by atoms with Crippen molar-refractivity contribution in [2.24, 2.45) is 5.73 Å². The first kappa shape index (κ1) is 12.6. The minimum atomic E-state index is -1.07. The van der Waals surface area contributed by atoms with Crippen LogP contribution in [0.1, 0.15) is 1.43 Å². The van der Waals surface area contributed by atoms with E-state index < -0.39 is 11.9 Å². The summed E-state index contributed by atoms with van der Waals surface area (Å²) in [6.45, 7) is -0.538. The number of hydrogen-bond acceptors (Lipinski definition) is 3.